The molecule has 3 aromatic carbocycles. The van der Waals surface area contributed by atoms with Crippen molar-refractivity contribution in [3.05, 3.63) is 119 Å². The highest BCUT2D eigenvalue weighted by Crippen LogP contribution is 2.38. The van der Waals surface area contributed by atoms with E-state index in [-0.39, 0.29) is 5.91 Å². The maximum Gasteiger partial charge on any atom is 0.294 e. The van der Waals surface area contributed by atoms with Gasteiger partial charge >= 0.3 is 0 Å². The molecule has 0 unspecified atom stereocenters. The number of carbonyl (C=O) groups is 1. The van der Waals surface area contributed by atoms with Gasteiger partial charge in [-0.25, -0.2) is 4.98 Å². The van der Waals surface area contributed by atoms with E-state index in [1.807, 2.05) is 53.4 Å². The topological polar surface area (TPSA) is 87.6 Å². The molecule has 2 aliphatic rings. The summed E-state index contributed by atoms with van der Waals surface area (Å²) in [7, 11) is 0. The van der Waals surface area contributed by atoms with Crippen LogP contribution in [0.15, 0.2) is 95.5 Å². The summed E-state index contributed by atoms with van der Waals surface area (Å²) in [6.45, 7) is 4.17. The average Bonchev–Trinajstić information content (AvgIpc) is 3.41. The van der Waals surface area contributed by atoms with Crippen LogP contribution < -0.4 is 20.9 Å². The first-order chi connectivity index (χ1) is 20.5. The van der Waals surface area contributed by atoms with Gasteiger partial charge in [-0.05, 0) is 77.4 Å². The van der Waals surface area contributed by atoms with Crippen molar-refractivity contribution in [1.82, 2.24) is 10.3 Å². The number of nitrogens with two attached hydrogens (primary N) is 1. The quantitative estimate of drug-likeness (QED) is 0.252. The highest BCUT2D eigenvalue weighted by atomic mass is 35.5. The molecule has 3 N–H and O–H groups in total. The van der Waals surface area contributed by atoms with E-state index < -0.39 is 0 Å². The van der Waals surface area contributed by atoms with Gasteiger partial charge in [-0.15, -0.1) is 0 Å². The highest BCUT2D eigenvalue weighted by Gasteiger charge is 2.32. The molecule has 4 heterocycles. The molecule has 8 heteroatoms. The Balaban J connectivity index is 1.33. The van der Waals surface area contributed by atoms with Gasteiger partial charge in [0.1, 0.15) is 11.6 Å². The average molecular weight is 576 g/mol. The summed E-state index contributed by atoms with van der Waals surface area (Å²) in [5.41, 5.74) is 13.7. The van der Waals surface area contributed by atoms with Gasteiger partial charge in [-0.2, -0.15) is 0 Å². The molecule has 5 aromatic rings. The fraction of sp³-hybridized carbons (Fsp3) is 0.176. The van der Waals surface area contributed by atoms with Crippen LogP contribution in [-0.4, -0.2) is 37.1 Å². The first-order valence-corrected chi connectivity index (χ1v) is 14.5. The van der Waals surface area contributed by atoms with Crippen LogP contribution in [0.25, 0.3) is 22.5 Å². The summed E-state index contributed by atoms with van der Waals surface area (Å²) >= 11 is 6.13. The lowest BCUT2D eigenvalue weighted by Crippen LogP contribution is -2.43. The molecule has 2 aromatic heterocycles. The second kappa shape index (κ2) is 11.0. The molecule has 210 valence electrons. The van der Waals surface area contributed by atoms with Crippen LogP contribution in [-0.2, 0) is 13.0 Å². The van der Waals surface area contributed by atoms with E-state index >= 15 is 0 Å². The number of rotatable bonds is 5. The number of fused-ring (bicyclic) bond motifs is 2. The zero-order chi connectivity index (χ0) is 28.6. The monoisotopic (exact) mass is 575 g/mol. The fourth-order valence-electron chi connectivity index (χ4n) is 5.86. The van der Waals surface area contributed by atoms with E-state index in [1.165, 1.54) is 5.69 Å². The van der Waals surface area contributed by atoms with Crippen LogP contribution in [0.1, 0.15) is 27.2 Å². The van der Waals surface area contributed by atoms with E-state index in [0.29, 0.717) is 35.3 Å². The lowest BCUT2D eigenvalue weighted by Gasteiger charge is -2.31. The van der Waals surface area contributed by atoms with E-state index in [2.05, 4.69) is 45.5 Å². The zero-order valence-corrected chi connectivity index (χ0v) is 23.8. The Morgan fingerprint density at radius 3 is 2.48 bits per heavy atom. The molecular weight excluding hydrogens is 546 g/mol. The van der Waals surface area contributed by atoms with E-state index in [9.17, 15) is 4.79 Å². The molecule has 1 fully saturated rings. The second-order valence-corrected chi connectivity index (χ2v) is 11.2. The number of benzene rings is 3. The molecule has 0 aliphatic carbocycles. The number of hydrogen-bond acceptors (Lipinski definition) is 6. The number of piperazine rings is 1. The molecule has 7 rings (SSSR count). The van der Waals surface area contributed by atoms with Crippen LogP contribution in [0.3, 0.4) is 0 Å². The minimum atomic E-state index is -0.163. The Bertz CT molecular complexity index is 1760. The van der Waals surface area contributed by atoms with Crippen molar-refractivity contribution in [3.8, 4) is 22.5 Å². The fourth-order valence-corrected chi connectivity index (χ4v) is 5.99. The molecule has 42 heavy (non-hydrogen) atoms. The summed E-state index contributed by atoms with van der Waals surface area (Å²) < 4.78 is 6.32. The van der Waals surface area contributed by atoms with Gasteiger partial charge < -0.3 is 25.3 Å². The van der Waals surface area contributed by atoms with Crippen molar-refractivity contribution in [2.24, 2.45) is 0 Å². The van der Waals surface area contributed by atoms with Crippen LogP contribution >= 0.6 is 11.6 Å². The van der Waals surface area contributed by atoms with Gasteiger partial charge in [0.05, 0.1) is 6.54 Å². The van der Waals surface area contributed by atoms with Crippen molar-refractivity contribution in [1.29, 1.82) is 0 Å². The van der Waals surface area contributed by atoms with Crippen molar-refractivity contribution in [2.75, 3.05) is 41.7 Å². The van der Waals surface area contributed by atoms with E-state index in [4.69, 9.17) is 21.8 Å². The smallest absolute Gasteiger partial charge is 0.294 e. The number of furan rings is 1. The zero-order valence-electron chi connectivity index (χ0n) is 23.0. The molecular formula is C34H30ClN5O2. The number of nitrogens with one attached hydrogen (secondary N) is 1. The Morgan fingerprint density at radius 1 is 0.905 bits per heavy atom. The number of anilines is 3. The maximum absolute atomic E-state index is 14.3. The Hall–Kier alpha value is -4.59. The number of hydrogen-bond donors (Lipinski definition) is 2. The lowest BCUT2D eigenvalue weighted by atomic mass is 10.00. The van der Waals surface area contributed by atoms with Gasteiger partial charge in [0.15, 0.2) is 5.76 Å². The number of nitrogens with zero attached hydrogens (tertiary/aromatic N) is 3. The molecule has 0 spiro atoms. The lowest BCUT2D eigenvalue weighted by molar-refractivity contribution is 0.0959. The van der Waals surface area contributed by atoms with Crippen LogP contribution in [0, 0.1) is 0 Å². The molecule has 2 aliphatic heterocycles. The summed E-state index contributed by atoms with van der Waals surface area (Å²) in [6.07, 6.45) is 2.36. The third kappa shape index (κ3) is 5.02. The normalized spacial score (nSPS) is 14.8. The third-order valence-electron chi connectivity index (χ3n) is 8.04. The van der Waals surface area contributed by atoms with Crippen molar-refractivity contribution >= 4 is 34.7 Å². The van der Waals surface area contributed by atoms with E-state index in [0.717, 1.165) is 65.2 Å². The standard InChI is InChI=1S/C34H30ClN5O2/c35-27-8-5-22(6-9-27)31-19-26-17-25-18-28(39-15-13-37-14-16-39)10-11-30(25)40(34(41)33(26)42-31)21-24-3-1-2-4-29(24)23-7-12-32(36)38-20-23/h1-12,18-20,37H,13-17,21H2,(H2,36,38). The molecule has 7 nitrogen and oxygen atoms in total. The summed E-state index contributed by atoms with van der Waals surface area (Å²) in [5.74, 6) is 1.32. The molecule has 0 radical (unpaired) electrons. The molecule has 1 amide bonds. The molecule has 0 saturated carbocycles. The number of amides is 1. The summed E-state index contributed by atoms with van der Waals surface area (Å²) in [6, 6.07) is 27.8. The van der Waals surface area contributed by atoms with Crippen LogP contribution in [0.2, 0.25) is 5.02 Å². The SMILES string of the molecule is Nc1ccc(-c2ccccc2CN2C(=O)c3oc(-c4ccc(Cl)cc4)cc3Cc3cc(N4CCNCC4)ccc32)cn1. The van der Waals surface area contributed by atoms with Gasteiger partial charge in [-0.3, -0.25) is 4.79 Å². The Kier molecular flexibility index (Phi) is 6.90. The number of nitrogen functional groups attached to an aromatic ring is 1. The minimum Gasteiger partial charge on any atom is -0.451 e. The second-order valence-electron chi connectivity index (χ2n) is 10.7. The third-order valence-corrected chi connectivity index (χ3v) is 8.29. The van der Waals surface area contributed by atoms with Gasteiger partial charge in [0, 0.05) is 71.9 Å². The maximum atomic E-state index is 14.3. The number of aromatic nitrogens is 1. The predicted octanol–water partition coefficient (Wildman–Crippen LogP) is 6.41. The first kappa shape index (κ1) is 26.3. The van der Waals surface area contributed by atoms with Gasteiger partial charge in [0.2, 0.25) is 0 Å². The van der Waals surface area contributed by atoms with Crippen LogP contribution in [0.5, 0.6) is 0 Å². The van der Waals surface area contributed by atoms with Crippen molar-refractivity contribution in [3.63, 3.8) is 0 Å². The van der Waals surface area contributed by atoms with Crippen molar-refractivity contribution < 1.29 is 9.21 Å². The highest BCUT2D eigenvalue weighted by molar-refractivity contribution is 6.30. The summed E-state index contributed by atoms with van der Waals surface area (Å²) in [5, 5.41) is 4.08. The minimum absolute atomic E-state index is 0.163. The molecule has 0 atom stereocenters. The largest absolute Gasteiger partial charge is 0.451 e. The number of halogens is 1. The first-order valence-electron chi connectivity index (χ1n) is 14.1. The van der Waals surface area contributed by atoms with Crippen LogP contribution in [0.4, 0.5) is 17.2 Å². The predicted molar refractivity (Wildman–Crippen MR) is 168 cm³/mol. The molecule has 1 saturated heterocycles. The van der Waals surface area contributed by atoms with Gasteiger partial charge in [0.25, 0.3) is 5.91 Å². The van der Waals surface area contributed by atoms with Crippen molar-refractivity contribution in [2.45, 2.75) is 13.0 Å². The van der Waals surface area contributed by atoms with Gasteiger partial charge in [-0.1, -0.05) is 35.9 Å². The Labute approximate surface area is 249 Å². The Morgan fingerprint density at radius 2 is 1.69 bits per heavy atom. The molecule has 0 bridgehead atoms. The number of carbonyl (C=O) groups excluding carboxylic acids is 1. The van der Waals surface area contributed by atoms with E-state index in [1.54, 1.807) is 12.3 Å². The number of pyridine rings is 1. The summed E-state index contributed by atoms with van der Waals surface area (Å²) in [4.78, 5) is 22.9.